The summed E-state index contributed by atoms with van der Waals surface area (Å²) in [6.45, 7) is 4.38. The second-order valence-corrected chi connectivity index (χ2v) is 16.8. The van der Waals surface area contributed by atoms with Crippen LogP contribution >= 0.6 is 7.82 Å². The summed E-state index contributed by atoms with van der Waals surface area (Å²) < 4.78 is 34.2. The number of nitrogens with zero attached hydrogens (tertiary/aromatic N) is 1. The Morgan fingerprint density at radius 3 is 1.56 bits per heavy atom. The Balaban J connectivity index is 4.41. The molecule has 2 atom stereocenters. The van der Waals surface area contributed by atoms with Gasteiger partial charge in [0.05, 0.1) is 27.7 Å². The molecule has 9 nitrogen and oxygen atoms in total. The van der Waals surface area contributed by atoms with E-state index in [0.29, 0.717) is 17.4 Å². The average molecular weight is 759 g/mol. The minimum Gasteiger partial charge on any atom is -0.462 e. The lowest BCUT2D eigenvalue weighted by molar-refractivity contribution is -0.870. The Hall–Kier alpha value is -1.51. The third kappa shape index (κ3) is 38.2. The lowest BCUT2D eigenvalue weighted by atomic mass is 10.0. The fourth-order valence-electron chi connectivity index (χ4n) is 5.63. The zero-order valence-corrected chi connectivity index (χ0v) is 35.2. The molecule has 0 bridgehead atoms. The molecule has 0 aromatic rings. The van der Waals surface area contributed by atoms with E-state index in [0.717, 1.165) is 57.8 Å². The van der Waals surface area contributed by atoms with Crippen molar-refractivity contribution in [2.45, 2.75) is 187 Å². The number of likely N-dealkylation sites (N-methyl/N-ethyl adjacent to an activating group) is 1. The van der Waals surface area contributed by atoms with Crippen molar-refractivity contribution in [2.75, 3.05) is 47.5 Å². The number of hydrogen-bond acceptors (Lipinski definition) is 7. The number of quaternary nitrogens is 1. The predicted octanol–water partition coefficient (Wildman–Crippen LogP) is 11.6. The first kappa shape index (κ1) is 50.5. The molecule has 0 fully saturated rings. The second kappa shape index (κ2) is 35.2. The third-order valence-corrected chi connectivity index (χ3v) is 9.97. The van der Waals surface area contributed by atoms with Crippen LogP contribution in [0, 0.1) is 0 Å². The van der Waals surface area contributed by atoms with E-state index in [1.807, 2.05) is 21.1 Å². The molecule has 1 N–H and O–H groups in total. The SMILES string of the molecule is CCCCC/C=C\C/C=C\CCCCCCCC(=O)OC(COC(=O)CCCCCCCCCCCCCCC)COP(=O)(O)OCC[N+](C)(C)C. The smallest absolute Gasteiger partial charge is 0.462 e. The Bertz CT molecular complexity index is 949. The van der Waals surface area contributed by atoms with Gasteiger partial charge in [0.25, 0.3) is 0 Å². The summed E-state index contributed by atoms with van der Waals surface area (Å²) in [5.41, 5.74) is 0. The molecule has 0 rings (SSSR count). The van der Waals surface area contributed by atoms with Gasteiger partial charge in [0.2, 0.25) is 0 Å². The zero-order chi connectivity index (χ0) is 38.6. The number of phosphoric ester groups is 1. The van der Waals surface area contributed by atoms with Crippen molar-refractivity contribution in [1.82, 2.24) is 0 Å². The van der Waals surface area contributed by atoms with Crippen LogP contribution in [0.4, 0.5) is 0 Å². The third-order valence-electron chi connectivity index (χ3n) is 8.98. The van der Waals surface area contributed by atoms with Gasteiger partial charge in [0, 0.05) is 12.8 Å². The number of allylic oxidation sites excluding steroid dienone is 4. The van der Waals surface area contributed by atoms with E-state index in [9.17, 15) is 19.0 Å². The maximum absolute atomic E-state index is 12.6. The predicted molar refractivity (Wildman–Crippen MR) is 215 cm³/mol. The number of phosphoric acid groups is 1. The van der Waals surface area contributed by atoms with E-state index in [2.05, 4.69) is 38.2 Å². The second-order valence-electron chi connectivity index (χ2n) is 15.4. The quantitative estimate of drug-likeness (QED) is 0.0218. The van der Waals surface area contributed by atoms with Gasteiger partial charge < -0.3 is 18.9 Å². The molecule has 0 aliphatic rings. The van der Waals surface area contributed by atoms with Crippen LogP contribution in [0.15, 0.2) is 24.3 Å². The normalized spacial score (nSPS) is 13.9. The Kier molecular flexibility index (Phi) is 34.2. The molecule has 0 heterocycles. The largest absolute Gasteiger partial charge is 0.472 e. The van der Waals surface area contributed by atoms with Crippen LogP contribution in [0.3, 0.4) is 0 Å². The summed E-state index contributed by atoms with van der Waals surface area (Å²) in [5, 5.41) is 0. The van der Waals surface area contributed by atoms with Gasteiger partial charge in [-0.2, -0.15) is 0 Å². The van der Waals surface area contributed by atoms with Crippen LogP contribution in [0.2, 0.25) is 0 Å². The summed E-state index contributed by atoms with van der Waals surface area (Å²) in [5.74, 6) is -0.810. The van der Waals surface area contributed by atoms with Crippen molar-refractivity contribution >= 4 is 19.8 Å². The Morgan fingerprint density at radius 1 is 0.596 bits per heavy atom. The lowest BCUT2D eigenvalue weighted by Gasteiger charge is -2.24. The molecule has 10 heteroatoms. The fraction of sp³-hybridized carbons (Fsp3) is 0.857. The summed E-state index contributed by atoms with van der Waals surface area (Å²) in [6.07, 6.45) is 36.4. The van der Waals surface area contributed by atoms with Gasteiger partial charge in [-0.1, -0.05) is 147 Å². The highest BCUT2D eigenvalue weighted by Crippen LogP contribution is 2.43. The maximum atomic E-state index is 12.6. The number of carbonyl (C=O) groups excluding carboxylic acids is 2. The molecule has 0 aliphatic heterocycles. The Labute approximate surface area is 319 Å². The monoisotopic (exact) mass is 759 g/mol. The van der Waals surface area contributed by atoms with Crippen LogP contribution in [0.25, 0.3) is 0 Å². The first-order valence-electron chi connectivity index (χ1n) is 21.1. The minimum absolute atomic E-state index is 0.0304. The van der Waals surface area contributed by atoms with E-state index in [4.69, 9.17) is 18.5 Å². The van der Waals surface area contributed by atoms with Gasteiger partial charge in [-0.15, -0.1) is 0 Å². The van der Waals surface area contributed by atoms with Gasteiger partial charge in [-0.3, -0.25) is 18.6 Å². The van der Waals surface area contributed by atoms with Gasteiger partial charge in [-0.05, 0) is 44.9 Å². The summed E-state index contributed by atoms with van der Waals surface area (Å²) >= 11 is 0. The van der Waals surface area contributed by atoms with Crippen molar-refractivity contribution in [1.29, 1.82) is 0 Å². The molecule has 0 radical (unpaired) electrons. The highest BCUT2D eigenvalue weighted by atomic mass is 31.2. The Morgan fingerprint density at radius 2 is 1.04 bits per heavy atom. The topological polar surface area (TPSA) is 108 Å². The first-order valence-corrected chi connectivity index (χ1v) is 22.6. The van der Waals surface area contributed by atoms with Crippen LogP contribution in [-0.4, -0.2) is 74.9 Å². The van der Waals surface area contributed by atoms with E-state index in [1.165, 1.54) is 89.9 Å². The van der Waals surface area contributed by atoms with Crippen LogP contribution < -0.4 is 0 Å². The van der Waals surface area contributed by atoms with Crippen molar-refractivity contribution in [3.8, 4) is 0 Å². The molecule has 0 saturated heterocycles. The average Bonchev–Trinajstić information content (AvgIpc) is 3.09. The summed E-state index contributed by atoms with van der Waals surface area (Å²) in [4.78, 5) is 35.3. The molecule has 0 saturated carbocycles. The molecular formula is C42H81NO8P+. The molecule has 0 aliphatic carbocycles. The standard InChI is InChI=1S/C42H80NO8P/c1-6-8-10-12-14-16-18-20-21-23-25-27-29-31-33-35-42(45)51-40(39-50-52(46,47)49-37-36-43(3,4)5)38-48-41(44)34-32-30-28-26-24-22-19-17-15-13-11-9-7-2/h14,16,20-21,40H,6-13,15,17-19,22-39H2,1-5H3/p+1/b16-14-,21-20-. The van der Waals surface area contributed by atoms with E-state index in [-0.39, 0.29) is 32.0 Å². The summed E-state index contributed by atoms with van der Waals surface area (Å²) in [6, 6.07) is 0. The molecular weight excluding hydrogens is 677 g/mol. The number of unbranched alkanes of at least 4 members (excludes halogenated alkanes) is 20. The van der Waals surface area contributed by atoms with Crippen molar-refractivity contribution in [3.63, 3.8) is 0 Å². The highest BCUT2D eigenvalue weighted by Gasteiger charge is 2.27. The van der Waals surface area contributed by atoms with Crippen LogP contribution in [0.1, 0.15) is 181 Å². The molecule has 52 heavy (non-hydrogen) atoms. The minimum atomic E-state index is -4.37. The van der Waals surface area contributed by atoms with E-state index < -0.39 is 26.5 Å². The molecule has 0 aromatic heterocycles. The van der Waals surface area contributed by atoms with E-state index in [1.54, 1.807) is 0 Å². The van der Waals surface area contributed by atoms with E-state index >= 15 is 0 Å². The number of hydrogen-bond donors (Lipinski definition) is 1. The molecule has 0 aromatic carbocycles. The number of esters is 2. The fourth-order valence-corrected chi connectivity index (χ4v) is 6.37. The highest BCUT2D eigenvalue weighted by molar-refractivity contribution is 7.47. The van der Waals surface area contributed by atoms with Crippen LogP contribution in [0.5, 0.6) is 0 Å². The van der Waals surface area contributed by atoms with Crippen molar-refractivity contribution < 1.29 is 42.1 Å². The maximum Gasteiger partial charge on any atom is 0.472 e. The molecule has 0 spiro atoms. The van der Waals surface area contributed by atoms with Crippen LogP contribution in [-0.2, 0) is 32.7 Å². The summed E-state index contributed by atoms with van der Waals surface area (Å²) in [7, 11) is 1.47. The number of carbonyl (C=O) groups is 2. The number of rotatable bonds is 38. The van der Waals surface area contributed by atoms with Gasteiger partial charge >= 0.3 is 19.8 Å². The van der Waals surface area contributed by atoms with Gasteiger partial charge in [0.15, 0.2) is 6.10 Å². The first-order chi connectivity index (χ1) is 25.0. The lowest BCUT2D eigenvalue weighted by Crippen LogP contribution is -2.37. The molecule has 306 valence electrons. The number of ether oxygens (including phenoxy) is 2. The van der Waals surface area contributed by atoms with Crippen molar-refractivity contribution in [3.05, 3.63) is 24.3 Å². The van der Waals surface area contributed by atoms with Crippen molar-refractivity contribution in [2.24, 2.45) is 0 Å². The molecule has 0 amide bonds. The zero-order valence-electron chi connectivity index (χ0n) is 34.3. The van der Waals surface area contributed by atoms with Gasteiger partial charge in [0.1, 0.15) is 19.8 Å². The molecule has 2 unspecified atom stereocenters. The van der Waals surface area contributed by atoms with Gasteiger partial charge in [-0.25, -0.2) is 4.57 Å².